The molecule has 1 amide bonds. The number of aromatic nitrogens is 1. The molecule has 5 nitrogen and oxygen atoms in total. The Hall–Kier alpha value is -1.24. The van der Waals surface area contributed by atoms with Gasteiger partial charge in [0.05, 0.1) is 5.02 Å². The molecule has 3 N–H and O–H groups in total. The van der Waals surface area contributed by atoms with E-state index in [9.17, 15) is 19.4 Å². The first-order valence-electron chi connectivity index (χ1n) is 4.83. The maximum absolute atomic E-state index is 13.4. The number of aliphatic hydroxyl groups excluding tert-OH is 2. The number of halogens is 2. The van der Waals surface area contributed by atoms with Crippen molar-refractivity contribution in [2.75, 3.05) is 6.54 Å². The summed E-state index contributed by atoms with van der Waals surface area (Å²) in [6.07, 6.45) is -1.71. The van der Waals surface area contributed by atoms with Crippen LogP contribution in [0.25, 0.3) is 0 Å². The Kier molecular flexibility index (Phi) is 4.80. The molecule has 7 heteroatoms. The molecule has 0 aliphatic carbocycles. The van der Waals surface area contributed by atoms with Crippen molar-refractivity contribution >= 4 is 17.5 Å². The van der Waals surface area contributed by atoms with E-state index >= 15 is 0 Å². The molecule has 0 saturated heterocycles. The molecule has 1 aromatic rings. The normalized spacial score (nSPS) is 14.2. The molecular formula is C10H12ClFN2O3. The highest BCUT2D eigenvalue weighted by Crippen LogP contribution is 2.20. The van der Waals surface area contributed by atoms with Gasteiger partial charge in [-0.3, -0.25) is 9.78 Å². The van der Waals surface area contributed by atoms with Crippen molar-refractivity contribution in [3.05, 3.63) is 28.8 Å². The summed E-state index contributed by atoms with van der Waals surface area (Å²) in [6.45, 7) is 1.07. The van der Waals surface area contributed by atoms with E-state index in [1.165, 1.54) is 6.92 Å². The maximum Gasteiger partial charge on any atom is 0.216 e. The second-order valence-electron chi connectivity index (χ2n) is 3.47. The van der Waals surface area contributed by atoms with Gasteiger partial charge in [-0.1, -0.05) is 11.6 Å². The molecule has 0 aliphatic rings. The molecule has 94 valence electrons. The minimum Gasteiger partial charge on any atom is -0.388 e. The van der Waals surface area contributed by atoms with E-state index in [-0.39, 0.29) is 23.2 Å². The largest absolute Gasteiger partial charge is 0.388 e. The van der Waals surface area contributed by atoms with Gasteiger partial charge in [0.25, 0.3) is 0 Å². The van der Waals surface area contributed by atoms with E-state index in [4.69, 9.17) is 11.6 Å². The van der Waals surface area contributed by atoms with Gasteiger partial charge in [0.1, 0.15) is 23.7 Å². The second-order valence-corrected chi connectivity index (χ2v) is 3.91. The fourth-order valence-corrected chi connectivity index (χ4v) is 1.33. The summed E-state index contributed by atoms with van der Waals surface area (Å²) in [5.41, 5.74) is -0.313. The van der Waals surface area contributed by atoms with Crippen molar-refractivity contribution in [3.8, 4) is 0 Å². The van der Waals surface area contributed by atoms with E-state index < -0.39 is 18.0 Å². The van der Waals surface area contributed by atoms with E-state index in [1.54, 1.807) is 0 Å². The molecule has 2 atom stereocenters. The van der Waals surface area contributed by atoms with Crippen molar-refractivity contribution in [1.29, 1.82) is 0 Å². The molecular weight excluding hydrogens is 251 g/mol. The van der Waals surface area contributed by atoms with Crippen LogP contribution in [0.2, 0.25) is 5.02 Å². The summed E-state index contributed by atoms with van der Waals surface area (Å²) in [6, 6.07) is 0.984. The fraction of sp³-hybridized carbons (Fsp3) is 0.400. The van der Waals surface area contributed by atoms with Gasteiger partial charge in [0, 0.05) is 19.7 Å². The van der Waals surface area contributed by atoms with Crippen molar-refractivity contribution in [3.63, 3.8) is 0 Å². The van der Waals surface area contributed by atoms with Crippen molar-refractivity contribution in [2.45, 2.75) is 19.1 Å². The Morgan fingerprint density at radius 1 is 1.65 bits per heavy atom. The predicted molar refractivity (Wildman–Crippen MR) is 58.9 cm³/mol. The zero-order valence-corrected chi connectivity index (χ0v) is 9.78. The Bertz CT molecular complexity index is 417. The van der Waals surface area contributed by atoms with Crippen LogP contribution in [0.5, 0.6) is 0 Å². The second kappa shape index (κ2) is 5.90. The molecule has 0 spiro atoms. The molecule has 0 saturated carbocycles. The number of amides is 1. The first-order valence-corrected chi connectivity index (χ1v) is 5.21. The number of nitrogens with one attached hydrogen (secondary N) is 1. The van der Waals surface area contributed by atoms with Crippen LogP contribution >= 0.6 is 11.6 Å². The van der Waals surface area contributed by atoms with E-state index in [2.05, 4.69) is 10.3 Å². The number of carbonyl (C=O) groups is 1. The van der Waals surface area contributed by atoms with Gasteiger partial charge in [-0.15, -0.1) is 0 Å². The third-order valence-electron chi connectivity index (χ3n) is 2.04. The minimum atomic E-state index is -1.53. The van der Waals surface area contributed by atoms with Crippen LogP contribution in [0.1, 0.15) is 18.7 Å². The van der Waals surface area contributed by atoms with E-state index in [0.29, 0.717) is 0 Å². The summed E-state index contributed by atoms with van der Waals surface area (Å²) in [4.78, 5) is 14.2. The van der Waals surface area contributed by atoms with Gasteiger partial charge in [0.2, 0.25) is 5.91 Å². The summed E-state index contributed by atoms with van der Waals surface area (Å²) < 4.78 is 13.4. The molecule has 0 bridgehead atoms. The number of nitrogens with zero attached hydrogens (tertiary/aromatic N) is 1. The molecule has 0 radical (unpaired) electrons. The molecule has 1 rings (SSSR count). The first kappa shape index (κ1) is 13.8. The third kappa shape index (κ3) is 3.92. The first-order chi connectivity index (χ1) is 7.91. The van der Waals surface area contributed by atoms with Crippen LogP contribution < -0.4 is 5.32 Å². The molecule has 0 aromatic carbocycles. The average molecular weight is 263 g/mol. The molecule has 2 unspecified atom stereocenters. The molecule has 17 heavy (non-hydrogen) atoms. The summed E-state index contributed by atoms with van der Waals surface area (Å²) >= 11 is 5.50. The third-order valence-corrected chi connectivity index (χ3v) is 2.25. The lowest BCUT2D eigenvalue weighted by atomic mass is 10.1. The number of hydrogen-bond acceptors (Lipinski definition) is 4. The Labute approximate surface area is 102 Å². The van der Waals surface area contributed by atoms with Gasteiger partial charge in [-0.05, 0) is 6.07 Å². The standard InChI is InChI=1S/C10H12ClFN2O3/c1-5(15)13-4-8(16)10(17)9-7(12)2-6(11)3-14-9/h2-3,8,10,16-17H,4H2,1H3,(H,13,15). The van der Waals surface area contributed by atoms with Gasteiger partial charge in [-0.25, -0.2) is 4.39 Å². The lowest BCUT2D eigenvalue weighted by molar-refractivity contribution is -0.119. The highest BCUT2D eigenvalue weighted by atomic mass is 35.5. The Morgan fingerprint density at radius 2 is 2.29 bits per heavy atom. The SMILES string of the molecule is CC(=O)NCC(O)C(O)c1ncc(Cl)cc1F. The number of hydrogen-bond donors (Lipinski definition) is 3. The highest BCUT2D eigenvalue weighted by molar-refractivity contribution is 6.30. The van der Waals surface area contributed by atoms with Crippen molar-refractivity contribution < 1.29 is 19.4 Å². The fourth-order valence-electron chi connectivity index (χ4n) is 1.18. The van der Waals surface area contributed by atoms with Gasteiger partial charge in [0.15, 0.2) is 0 Å². The van der Waals surface area contributed by atoms with Gasteiger partial charge < -0.3 is 15.5 Å². The summed E-state index contributed by atoms with van der Waals surface area (Å²) in [7, 11) is 0. The van der Waals surface area contributed by atoms with Gasteiger partial charge >= 0.3 is 0 Å². The van der Waals surface area contributed by atoms with E-state index in [1.807, 2.05) is 0 Å². The minimum absolute atomic E-state index is 0.0924. The van der Waals surface area contributed by atoms with Crippen LogP contribution in [-0.2, 0) is 4.79 Å². The number of aliphatic hydroxyl groups is 2. The average Bonchev–Trinajstić information content (AvgIpc) is 2.25. The maximum atomic E-state index is 13.4. The monoisotopic (exact) mass is 262 g/mol. The summed E-state index contributed by atoms with van der Waals surface area (Å²) in [5.74, 6) is -1.17. The van der Waals surface area contributed by atoms with Crippen LogP contribution in [0.4, 0.5) is 4.39 Å². The highest BCUT2D eigenvalue weighted by Gasteiger charge is 2.23. The van der Waals surface area contributed by atoms with E-state index in [0.717, 1.165) is 12.3 Å². The zero-order chi connectivity index (χ0) is 13.0. The van der Waals surface area contributed by atoms with Crippen LogP contribution in [-0.4, -0.2) is 33.8 Å². The number of carbonyl (C=O) groups excluding carboxylic acids is 1. The zero-order valence-electron chi connectivity index (χ0n) is 9.02. The number of rotatable bonds is 4. The quantitative estimate of drug-likeness (QED) is 0.734. The topological polar surface area (TPSA) is 82.5 Å². The number of pyridine rings is 1. The predicted octanol–water partition coefficient (Wildman–Crippen LogP) is 0.404. The Balaban J connectivity index is 2.74. The lowest BCUT2D eigenvalue weighted by Gasteiger charge is -2.17. The van der Waals surface area contributed by atoms with Crippen LogP contribution in [0.3, 0.4) is 0 Å². The van der Waals surface area contributed by atoms with Crippen molar-refractivity contribution in [1.82, 2.24) is 10.3 Å². The molecule has 0 fully saturated rings. The Morgan fingerprint density at radius 3 is 2.82 bits per heavy atom. The lowest BCUT2D eigenvalue weighted by Crippen LogP contribution is -2.34. The van der Waals surface area contributed by atoms with Gasteiger partial charge in [-0.2, -0.15) is 0 Å². The smallest absolute Gasteiger partial charge is 0.216 e. The van der Waals surface area contributed by atoms with Crippen molar-refractivity contribution in [2.24, 2.45) is 0 Å². The van der Waals surface area contributed by atoms with Crippen LogP contribution in [0, 0.1) is 5.82 Å². The molecule has 1 aromatic heterocycles. The molecule has 1 heterocycles. The van der Waals surface area contributed by atoms with Crippen LogP contribution in [0.15, 0.2) is 12.3 Å². The molecule has 0 aliphatic heterocycles. The summed E-state index contributed by atoms with van der Waals surface area (Å²) in [5, 5.41) is 21.5.